The van der Waals surface area contributed by atoms with Gasteiger partial charge in [0.05, 0.1) is 11.0 Å². The van der Waals surface area contributed by atoms with E-state index in [0.717, 1.165) is 11.3 Å². The molecule has 6 nitrogen and oxygen atoms in total. The maximum atomic E-state index is 12.8. The third-order valence-corrected chi connectivity index (χ3v) is 7.08. The molecule has 146 valence electrons. The summed E-state index contributed by atoms with van der Waals surface area (Å²) >= 11 is 1.65. The standard InChI is InChI=1S/C20H21N3O3S2/c1-14-6-7-15(2)19(10-14)28(25,26)22-17-5-3-4-16(11-17)20(24)23-8-9-27-13-18(23)12-21/h3-7,10-11,18,22H,8-9,13H2,1-2H3/t18-/m0/s1. The van der Waals surface area contributed by atoms with Gasteiger partial charge in [-0.2, -0.15) is 17.0 Å². The molecule has 1 N–H and O–H groups in total. The topological polar surface area (TPSA) is 90.3 Å². The molecule has 1 amide bonds. The van der Waals surface area contributed by atoms with Gasteiger partial charge in [0.1, 0.15) is 6.04 Å². The number of benzene rings is 2. The molecular weight excluding hydrogens is 394 g/mol. The van der Waals surface area contributed by atoms with Crippen LogP contribution in [0, 0.1) is 25.2 Å². The fourth-order valence-corrected chi connectivity index (χ4v) is 5.39. The zero-order valence-corrected chi connectivity index (χ0v) is 17.3. The summed E-state index contributed by atoms with van der Waals surface area (Å²) in [5.41, 5.74) is 2.16. The number of amides is 1. The summed E-state index contributed by atoms with van der Waals surface area (Å²) in [4.78, 5) is 14.6. The molecule has 2 aromatic carbocycles. The quantitative estimate of drug-likeness (QED) is 0.828. The Morgan fingerprint density at radius 1 is 1.25 bits per heavy atom. The molecule has 0 saturated carbocycles. The lowest BCUT2D eigenvalue weighted by atomic mass is 10.1. The summed E-state index contributed by atoms with van der Waals surface area (Å²) in [7, 11) is -3.78. The number of aryl methyl sites for hydroxylation is 2. The molecule has 1 heterocycles. The van der Waals surface area contributed by atoms with Crippen LogP contribution in [0.25, 0.3) is 0 Å². The van der Waals surface area contributed by atoms with Crippen LogP contribution in [0.15, 0.2) is 47.4 Å². The summed E-state index contributed by atoms with van der Waals surface area (Å²) < 4.78 is 28.2. The Hall–Kier alpha value is -2.50. The van der Waals surface area contributed by atoms with Gasteiger partial charge in [0.2, 0.25) is 0 Å². The van der Waals surface area contributed by atoms with E-state index in [0.29, 0.717) is 29.1 Å². The van der Waals surface area contributed by atoms with E-state index < -0.39 is 16.1 Å². The fraction of sp³-hybridized carbons (Fsp3) is 0.300. The first-order valence-corrected chi connectivity index (χ1v) is 11.4. The van der Waals surface area contributed by atoms with Crippen molar-refractivity contribution in [3.8, 4) is 6.07 Å². The lowest BCUT2D eigenvalue weighted by Crippen LogP contribution is -2.45. The third kappa shape index (κ3) is 4.32. The van der Waals surface area contributed by atoms with Gasteiger partial charge in [0, 0.05) is 29.3 Å². The minimum Gasteiger partial charge on any atom is -0.321 e. The third-order valence-electron chi connectivity index (χ3n) is 4.53. The van der Waals surface area contributed by atoms with E-state index in [1.54, 1.807) is 53.9 Å². The summed E-state index contributed by atoms with van der Waals surface area (Å²) in [6.45, 7) is 4.07. The van der Waals surface area contributed by atoms with Crippen LogP contribution in [0.1, 0.15) is 21.5 Å². The molecule has 28 heavy (non-hydrogen) atoms. The monoisotopic (exact) mass is 415 g/mol. The predicted molar refractivity (Wildman–Crippen MR) is 111 cm³/mol. The first kappa shape index (κ1) is 20.2. The van der Waals surface area contributed by atoms with Crippen molar-refractivity contribution in [3.05, 3.63) is 59.2 Å². The van der Waals surface area contributed by atoms with Crippen molar-refractivity contribution in [3.63, 3.8) is 0 Å². The summed E-state index contributed by atoms with van der Waals surface area (Å²) in [6, 6.07) is 13.3. The zero-order chi connectivity index (χ0) is 20.3. The van der Waals surface area contributed by atoms with Crippen LogP contribution in [-0.4, -0.2) is 43.3 Å². The summed E-state index contributed by atoms with van der Waals surface area (Å²) in [5.74, 6) is 1.10. The van der Waals surface area contributed by atoms with Crippen molar-refractivity contribution >= 4 is 33.4 Å². The van der Waals surface area contributed by atoms with Crippen LogP contribution in [-0.2, 0) is 10.0 Å². The van der Waals surface area contributed by atoms with E-state index in [1.807, 2.05) is 13.0 Å². The molecule has 8 heteroatoms. The van der Waals surface area contributed by atoms with Crippen LogP contribution >= 0.6 is 11.8 Å². The van der Waals surface area contributed by atoms with Gasteiger partial charge in [-0.1, -0.05) is 18.2 Å². The lowest BCUT2D eigenvalue weighted by molar-refractivity contribution is 0.0737. The van der Waals surface area contributed by atoms with Gasteiger partial charge in [-0.25, -0.2) is 8.42 Å². The van der Waals surface area contributed by atoms with Crippen molar-refractivity contribution in [2.45, 2.75) is 24.8 Å². The first-order valence-electron chi connectivity index (χ1n) is 8.80. The van der Waals surface area contributed by atoms with Crippen LogP contribution in [0.5, 0.6) is 0 Å². The van der Waals surface area contributed by atoms with Crippen LogP contribution in [0.4, 0.5) is 5.69 Å². The lowest BCUT2D eigenvalue weighted by Gasteiger charge is -2.31. The molecule has 0 unspecified atom stereocenters. The molecule has 1 fully saturated rings. The number of hydrogen-bond acceptors (Lipinski definition) is 5. The second kappa shape index (κ2) is 8.25. The van der Waals surface area contributed by atoms with Crippen molar-refractivity contribution in [1.29, 1.82) is 5.26 Å². The molecule has 1 aliphatic rings. The van der Waals surface area contributed by atoms with Gasteiger partial charge in [-0.05, 0) is 49.2 Å². The van der Waals surface area contributed by atoms with Crippen molar-refractivity contribution in [2.75, 3.05) is 22.8 Å². The van der Waals surface area contributed by atoms with E-state index in [1.165, 1.54) is 6.07 Å². The molecular formula is C20H21N3O3S2. The second-order valence-electron chi connectivity index (χ2n) is 6.67. The Labute approximate surface area is 169 Å². The van der Waals surface area contributed by atoms with E-state index in [9.17, 15) is 18.5 Å². The number of hydrogen-bond donors (Lipinski definition) is 1. The summed E-state index contributed by atoms with van der Waals surface area (Å²) in [5, 5.41) is 9.29. The largest absolute Gasteiger partial charge is 0.321 e. The Kier molecular flexibility index (Phi) is 5.96. The van der Waals surface area contributed by atoms with Gasteiger partial charge in [-0.15, -0.1) is 0 Å². The number of carbonyl (C=O) groups is 1. The number of sulfonamides is 1. The number of anilines is 1. The highest BCUT2D eigenvalue weighted by Gasteiger charge is 2.28. The Bertz CT molecular complexity index is 1040. The molecule has 0 radical (unpaired) electrons. The number of carbonyl (C=O) groups excluding carboxylic acids is 1. The minimum atomic E-state index is -3.78. The maximum absolute atomic E-state index is 12.8. The number of nitrogens with one attached hydrogen (secondary N) is 1. The van der Waals surface area contributed by atoms with Crippen LogP contribution < -0.4 is 4.72 Å². The smallest absolute Gasteiger partial charge is 0.262 e. The van der Waals surface area contributed by atoms with E-state index in [2.05, 4.69) is 10.8 Å². The van der Waals surface area contributed by atoms with Gasteiger partial charge in [0.15, 0.2) is 0 Å². The highest BCUT2D eigenvalue weighted by Crippen LogP contribution is 2.23. The number of nitrogens with zero attached hydrogens (tertiary/aromatic N) is 2. The van der Waals surface area contributed by atoms with Crippen LogP contribution in [0.3, 0.4) is 0 Å². The number of thioether (sulfide) groups is 1. The van der Waals surface area contributed by atoms with E-state index in [4.69, 9.17) is 0 Å². The molecule has 3 rings (SSSR count). The van der Waals surface area contributed by atoms with Gasteiger partial charge in [-0.3, -0.25) is 9.52 Å². The molecule has 0 aliphatic carbocycles. The highest BCUT2D eigenvalue weighted by atomic mass is 32.2. The Morgan fingerprint density at radius 2 is 2.04 bits per heavy atom. The van der Waals surface area contributed by atoms with Gasteiger partial charge >= 0.3 is 0 Å². The minimum absolute atomic E-state index is 0.210. The molecule has 0 spiro atoms. The molecule has 0 bridgehead atoms. The van der Waals surface area contributed by atoms with Crippen molar-refractivity contribution in [1.82, 2.24) is 4.90 Å². The number of rotatable bonds is 4. The van der Waals surface area contributed by atoms with Crippen LogP contribution in [0.2, 0.25) is 0 Å². The highest BCUT2D eigenvalue weighted by molar-refractivity contribution is 7.99. The number of nitriles is 1. The second-order valence-corrected chi connectivity index (χ2v) is 9.47. The predicted octanol–water partition coefficient (Wildman–Crippen LogP) is 3.19. The van der Waals surface area contributed by atoms with Crippen molar-refractivity contribution < 1.29 is 13.2 Å². The molecule has 1 atom stereocenters. The normalized spacial score (nSPS) is 17.0. The molecule has 1 aliphatic heterocycles. The SMILES string of the molecule is Cc1ccc(C)c(S(=O)(=O)Nc2cccc(C(=O)N3CCSC[C@@H]3C#N)c2)c1. The first-order chi connectivity index (χ1) is 13.3. The Balaban J connectivity index is 1.86. The maximum Gasteiger partial charge on any atom is 0.262 e. The molecule has 0 aromatic heterocycles. The fourth-order valence-electron chi connectivity index (χ4n) is 3.04. The molecule has 2 aromatic rings. The summed E-state index contributed by atoms with van der Waals surface area (Å²) in [6.07, 6.45) is 0. The average Bonchev–Trinajstić information content (AvgIpc) is 2.69. The van der Waals surface area contributed by atoms with E-state index >= 15 is 0 Å². The Morgan fingerprint density at radius 3 is 2.79 bits per heavy atom. The molecule has 1 saturated heterocycles. The van der Waals surface area contributed by atoms with Gasteiger partial charge in [0.25, 0.3) is 15.9 Å². The van der Waals surface area contributed by atoms with Gasteiger partial charge < -0.3 is 4.90 Å². The van der Waals surface area contributed by atoms with Crippen molar-refractivity contribution in [2.24, 2.45) is 0 Å². The average molecular weight is 416 g/mol. The van der Waals surface area contributed by atoms with E-state index in [-0.39, 0.29) is 10.8 Å². The zero-order valence-electron chi connectivity index (χ0n) is 15.7.